The van der Waals surface area contributed by atoms with E-state index in [0.717, 1.165) is 17.0 Å². The maximum Gasteiger partial charge on any atom is 0.159 e. The highest BCUT2D eigenvalue weighted by Crippen LogP contribution is 2.12. The molecule has 1 aromatic carbocycles. The van der Waals surface area contributed by atoms with Gasteiger partial charge < -0.3 is 0 Å². The predicted molar refractivity (Wildman–Crippen MR) is 86.3 cm³/mol. The Labute approximate surface area is 128 Å². The van der Waals surface area contributed by atoms with E-state index in [9.17, 15) is 0 Å². The highest BCUT2D eigenvalue weighted by atomic mass is 15.3. The van der Waals surface area contributed by atoms with E-state index in [1.165, 1.54) is 6.33 Å². The summed E-state index contributed by atoms with van der Waals surface area (Å²) in [5.41, 5.74) is 5.90. The Kier molecular flexibility index (Phi) is 3.91. The summed E-state index contributed by atoms with van der Waals surface area (Å²) in [6, 6.07) is 13.7. The Balaban J connectivity index is 1.77. The summed E-state index contributed by atoms with van der Waals surface area (Å²) in [7, 11) is 0. The Bertz CT molecular complexity index is 791. The number of rotatable bonds is 4. The molecule has 3 rings (SSSR count). The number of hydrazone groups is 1. The number of nitrogens with one attached hydrogen (secondary N) is 1. The van der Waals surface area contributed by atoms with Gasteiger partial charge in [0.1, 0.15) is 6.33 Å². The van der Waals surface area contributed by atoms with Gasteiger partial charge in [0.15, 0.2) is 11.6 Å². The van der Waals surface area contributed by atoms with Crippen molar-refractivity contribution >= 4 is 12.0 Å². The average molecular weight is 292 g/mol. The molecule has 0 saturated carbocycles. The zero-order chi connectivity index (χ0) is 15.4. The molecule has 0 radical (unpaired) electrons. The van der Waals surface area contributed by atoms with E-state index in [2.05, 4.69) is 25.6 Å². The summed E-state index contributed by atoms with van der Waals surface area (Å²) < 4.78 is 1.78. The lowest BCUT2D eigenvalue weighted by atomic mass is 10.2. The van der Waals surface area contributed by atoms with Crippen molar-refractivity contribution in [2.45, 2.75) is 13.8 Å². The fourth-order valence-corrected chi connectivity index (χ4v) is 2.10. The highest BCUT2D eigenvalue weighted by molar-refractivity contribution is 5.79. The Morgan fingerprint density at radius 1 is 1.09 bits per heavy atom. The van der Waals surface area contributed by atoms with E-state index in [0.29, 0.717) is 11.6 Å². The van der Waals surface area contributed by atoms with Gasteiger partial charge in [-0.15, -0.1) is 0 Å². The van der Waals surface area contributed by atoms with Gasteiger partial charge in [-0.25, -0.2) is 14.6 Å². The van der Waals surface area contributed by atoms with Gasteiger partial charge in [-0.2, -0.15) is 10.2 Å². The molecule has 0 aliphatic carbocycles. The number of aromatic nitrogens is 4. The lowest BCUT2D eigenvalue weighted by molar-refractivity contribution is 0.801. The molecule has 0 spiro atoms. The van der Waals surface area contributed by atoms with Gasteiger partial charge in [-0.3, -0.25) is 5.43 Å². The minimum atomic E-state index is 0.615. The SMILES string of the molecule is Cc1cc(C)n(-c2cc(N/N=C\c3ccccc3)ncn2)n1. The highest BCUT2D eigenvalue weighted by Gasteiger charge is 2.05. The molecule has 0 bridgehead atoms. The Morgan fingerprint density at radius 3 is 2.64 bits per heavy atom. The van der Waals surface area contributed by atoms with Crippen molar-refractivity contribution in [2.24, 2.45) is 5.10 Å². The minimum Gasteiger partial charge on any atom is -0.261 e. The Hall–Kier alpha value is -3.02. The first-order valence-corrected chi connectivity index (χ1v) is 6.92. The summed E-state index contributed by atoms with van der Waals surface area (Å²) in [4.78, 5) is 8.40. The zero-order valence-corrected chi connectivity index (χ0v) is 12.4. The minimum absolute atomic E-state index is 0.615. The molecule has 0 atom stereocenters. The number of hydrogen-bond acceptors (Lipinski definition) is 5. The number of benzene rings is 1. The van der Waals surface area contributed by atoms with Gasteiger partial charge >= 0.3 is 0 Å². The van der Waals surface area contributed by atoms with Crippen LogP contribution in [-0.2, 0) is 0 Å². The molecule has 0 fully saturated rings. The van der Waals surface area contributed by atoms with Gasteiger partial charge in [-0.1, -0.05) is 30.3 Å². The lowest BCUT2D eigenvalue weighted by Crippen LogP contribution is -2.04. The molecule has 6 nitrogen and oxygen atoms in total. The maximum absolute atomic E-state index is 4.41. The summed E-state index contributed by atoms with van der Waals surface area (Å²) in [6.45, 7) is 3.94. The largest absolute Gasteiger partial charge is 0.261 e. The molecule has 0 aliphatic rings. The molecular weight excluding hydrogens is 276 g/mol. The molecule has 1 N–H and O–H groups in total. The summed E-state index contributed by atoms with van der Waals surface area (Å²) in [6.07, 6.45) is 3.23. The van der Waals surface area contributed by atoms with Crippen LogP contribution >= 0.6 is 0 Å². The number of nitrogens with zero attached hydrogens (tertiary/aromatic N) is 5. The zero-order valence-electron chi connectivity index (χ0n) is 12.4. The van der Waals surface area contributed by atoms with Crippen LogP contribution < -0.4 is 5.43 Å². The van der Waals surface area contributed by atoms with Crippen LogP contribution in [0, 0.1) is 13.8 Å². The monoisotopic (exact) mass is 292 g/mol. The smallest absolute Gasteiger partial charge is 0.159 e. The van der Waals surface area contributed by atoms with Crippen LogP contribution in [-0.4, -0.2) is 26.0 Å². The van der Waals surface area contributed by atoms with E-state index in [1.54, 1.807) is 10.9 Å². The quantitative estimate of drug-likeness (QED) is 0.593. The fraction of sp³-hybridized carbons (Fsp3) is 0.125. The summed E-state index contributed by atoms with van der Waals surface area (Å²) >= 11 is 0. The first-order valence-electron chi connectivity index (χ1n) is 6.92. The molecule has 0 saturated heterocycles. The van der Waals surface area contributed by atoms with Crippen molar-refractivity contribution in [1.82, 2.24) is 19.7 Å². The maximum atomic E-state index is 4.41. The topological polar surface area (TPSA) is 68.0 Å². The standard InChI is InChI=1S/C16H16N6/c1-12-8-13(2)22(21-12)16-9-15(17-11-18-16)20-19-10-14-6-4-3-5-7-14/h3-11H,1-2H3,(H,17,18,20)/b19-10-. The van der Waals surface area contributed by atoms with Crippen molar-refractivity contribution in [1.29, 1.82) is 0 Å². The third kappa shape index (κ3) is 3.17. The van der Waals surface area contributed by atoms with Gasteiger partial charge in [0.25, 0.3) is 0 Å². The van der Waals surface area contributed by atoms with Crippen molar-refractivity contribution in [2.75, 3.05) is 5.43 Å². The predicted octanol–water partition coefficient (Wildman–Crippen LogP) is 2.73. The molecule has 0 aliphatic heterocycles. The van der Waals surface area contributed by atoms with Gasteiger partial charge in [-0.05, 0) is 25.5 Å². The molecule has 110 valence electrons. The third-order valence-electron chi connectivity index (χ3n) is 3.07. The molecule has 6 heteroatoms. The molecule has 22 heavy (non-hydrogen) atoms. The molecule has 2 aromatic heterocycles. The van der Waals surface area contributed by atoms with Crippen LogP contribution in [0.3, 0.4) is 0 Å². The second-order valence-electron chi connectivity index (χ2n) is 4.88. The van der Waals surface area contributed by atoms with Crippen LogP contribution in [0.1, 0.15) is 17.0 Å². The molecular formula is C16H16N6. The van der Waals surface area contributed by atoms with Gasteiger partial charge in [0.2, 0.25) is 0 Å². The second-order valence-corrected chi connectivity index (χ2v) is 4.88. The first-order chi connectivity index (χ1) is 10.7. The molecule has 0 amide bonds. The number of aryl methyl sites for hydroxylation is 2. The van der Waals surface area contributed by atoms with Crippen molar-refractivity contribution in [3.05, 3.63) is 65.7 Å². The van der Waals surface area contributed by atoms with Gasteiger partial charge in [0, 0.05) is 11.8 Å². The number of hydrogen-bond donors (Lipinski definition) is 1. The van der Waals surface area contributed by atoms with E-state index in [4.69, 9.17) is 0 Å². The van der Waals surface area contributed by atoms with Crippen molar-refractivity contribution < 1.29 is 0 Å². The normalized spacial score (nSPS) is 11.0. The third-order valence-corrected chi connectivity index (χ3v) is 3.07. The average Bonchev–Trinajstić information content (AvgIpc) is 2.87. The summed E-state index contributed by atoms with van der Waals surface area (Å²) in [5, 5.41) is 8.59. The molecule has 3 aromatic rings. The summed E-state index contributed by atoms with van der Waals surface area (Å²) in [5.74, 6) is 1.32. The van der Waals surface area contributed by atoms with E-state index in [-0.39, 0.29) is 0 Å². The lowest BCUT2D eigenvalue weighted by Gasteiger charge is -2.04. The van der Waals surface area contributed by atoms with Gasteiger partial charge in [0.05, 0.1) is 11.9 Å². The second kappa shape index (κ2) is 6.17. The number of anilines is 1. The van der Waals surface area contributed by atoms with Crippen LogP contribution in [0.2, 0.25) is 0 Å². The first kappa shape index (κ1) is 13.9. The molecule has 0 unspecified atom stereocenters. The van der Waals surface area contributed by atoms with Crippen molar-refractivity contribution in [3.63, 3.8) is 0 Å². The van der Waals surface area contributed by atoms with Crippen molar-refractivity contribution in [3.8, 4) is 5.82 Å². The van der Waals surface area contributed by atoms with Crippen LogP contribution in [0.15, 0.2) is 53.9 Å². The van der Waals surface area contributed by atoms with Crippen LogP contribution in [0.5, 0.6) is 0 Å². The van der Waals surface area contributed by atoms with Crippen LogP contribution in [0.4, 0.5) is 5.82 Å². The van der Waals surface area contributed by atoms with E-state index in [1.807, 2.05) is 56.3 Å². The van der Waals surface area contributed by atoms with E-state index < -0.39 is 0 Å². The molecule has 2 heterocycles. The fourth-order valence-electron chi connectivity index (χ4n) is 2.10. The van der Waals surface area contributed by atoms with Crippen LogP contribution in [0.25, 0.3) is 5.82 Å². The Morgan fingerprint density at radius 2 is 1.91 bits per heavy atom. The van der Waals surface area contributed by atoms with E-state index >= 15 is 0 Å².